The Hall–Kier alpha value is -1.83. The molecule has 2 aromatic rings. The lowest BCUT2D eigenvalue weighted by Gasteiger charge is -2.11. The summed E-state index contributed by atoms with van der Waals surface area (Å²) >= 11 is 0. The van der Waals surface area contributed by atoms with Crippen molar-refractivity contribution in [2.75, 3.05) is 5.32 Å². The molecule has 0 aliphatic carbocycles. The van der Waals surface area contributed by atoms with Crippen LogP contribution in [0.25, 0.3) is 0 Å². The molecule has 2 heteroatoms. The molecule has 0 radical (unpaired) electrons. The van der Waals surface area contributed by atoms with Gasteiger partial charge in [-0.15, -0.1) is 0 Å². The summed E-state index contributed by atoms with van der Waals surface area (Å²) in [4.78, 5) is 0. The number of anilines is 1. The fourth-order valence-corrected chi connectivity index (χ4v) is 1.96. The van der Waals surface area contributed by atoms with Gasteiger partial charge in [0.05, 0.1) is 5.69 Å². The molecule has 1 N–H and O–H groups in total. The van der Waals surface area contributed by atoms with Crippen LogP contribution in [0.5, 0.6) is 0 Å². The Morgan fingerprint density at radius 3 is 2.39 bits per heavy atom. The van der Waals surface area contributed by atoms with Gasteiger partial charge in [0.1, 0.15) is 5.82 Å². The number of nitrogens with one attached hydrogen (secondary N) is 1. The van der Waals surface area contributed by atoms with Crippen LogP contribution in [0.3, 0.4) is 0 Å². The maximum Gasteiger partial charge on any atom is 0.146 e. The van der Waals surface area contributed by atoms with Gasteiger partial charge in [-0.3, -0.25) is 0 Å². The third-order valence-corrected chi connectivity index (χ3v) is 3.26. The van der Waals surface area contributed by atoms with Crippen LogP contribution < -0.4 is 5.32 Å². The molecule has 0 amide bonds. The van der Waals surface area contributed by atoms with Gasteiger partial charge < -0.3 is 5.32 Å². The van der Waals surface area contributed by atoms with E-state index in [9.17, 15) is 4.39 Å². The SMILES string of the molecule is Cc1ccc(CNc2c(C)cccc2F)cc1C. The highest BCUT2D eigenvalue weighted by atomic mass is 19.1. The summed E-state index contributed by atoms with van der Waals surface area (Å²) in [7, 11) is 0. The van der Waals surface area contributed by atoms with E-state index in [4.69, 9.17) is 0 Å². The molecule has 0 bridgehead atoms. The minimum absolute atomic E-state index is 0.196. The van der Waals surface area contributed by atoms with Crippen molar-refractivity contribution in [2.45, 2.75) is 27.3 Å². The fourth-order valence-electron chi connectivity index (χ4n) is 1.96. The van der Waals surface area contributed by atoms with Crippen LogP contribution in [0.2, 0.25) is 0 Å². The molecule has 0 spiro atoms. The van der Waals surface area contributed by atoms with Gasteiger partial charge in [0.2, 0.25) is 0 Å². The lowest BCUT2D eigenvalue weighted by molar-refractivity contribution is 0.629. The summed E-state index contributed by atoms with van der Waals surface area (Å²) < 4.78 is 13.6. The number of para-hydroxylation sites is 1. The number of benzene rings is 2. The number of hydrogen-bond acceptors (Lipinski definition) is 1. The van der Waals surface area contributed by atoms with E-state index < -0.39 is 0 Å². The van der Waals surface area contributed by atoms with Crippen LogP contribution in [-0.4, -0.2) is 0 Å². The summed E-state index contributed by atoms with van der Waals surface area (Å²) in [6.45, 7) is 6.73. The zero-order valence-electron chi connectivity index (χ0n) is 11.0. The summed E-state index contributed by atoms with van der Waals surface area (Å²) in [5, 5.41) is 3.17. The molecule has 94 valence electrons. The van der Waals surface area contributed by atoms with Crippen molar-refractivity contribution in [2.24, 2.45) is 0 Å². The number of aryl methyl sites for hydroxylation is 3. The second-order valence-electron chi connectivity index (χ2n) is 4.70. The van der Waals surface area contributed by atoms with Crippen LogP contribution in [-0.2, 0) is 6.54 Å². The molecule has 1 nitrogen and oxygen atoms in total. The molecule has 18 heavy (non-hydrogen) atoms. The molecular formula is C16H18FN. The van der Waals surface area contributed by atoms with Gasteiger partial charge in [0, 0.05) is 6.54 Å². The molecule has 0 unspecified atom stereocenters. The molecule has 0 aromatic heterocycles. The molecule has 0 saturated carbocycles. The molecule has 2 aromatic carbocycles. The predicted octanol–water partition coefficient (Wildman–Crippen LogP) is 4.36. The quantitative estimate of drug-likeness (QED) is 0.844. The predicted molar refractivity (Wildman–Crippen MR) is 74.4 cm³/mol. The third kappa shape index (κ3) is 2.70. The minimum Gasteiger partial charge on any atom is -0.378 e. The zero-order valence-corrected chi connectivity index (χ0v) is 11.0. The van der Waals surface area contributed by atoms with Crippen LogP contribution in [0.1, 0.15) is 22.3 Å². The summed E-state index contributed by atoms with van der Waals surface area (Å²) in [6.07, 6.45) is 0. The normalized spacial score (nSPS) is 10.4. The highest BCUT2D eigenvalue weighted by Gasteiger charge is 2.04. The molecule has 0 saturated heterocycles. The Morgan fingerprint density at radius 2 is 1.72 bits per heavy atom. The van der Waals surface area contributed by atoms with Crippen LogP contribution in [0, 0.1) is 26.6 Å². The molecule has 0 aliphatic heterocycles. The molecule has 0 atom stereocenters. The first-order chi connectivity index (χ1) is 8.58. The van der Waals surface area contributed by atoms with E-state index in [2.05, 4.69) is 37.4 Å². The topological polar surface area (TPSA) is 12.0 Å². The van der Waals surface area contributed by atoms with Crippen LogP contribution >= 0.6 is 0 Å². The van der Waals surface area contributed by atoms with E-state index in [1.165, 1.54) is 22.8 Å². The van der Waals surface area contributed by atoms with E-state index in [1.807, 2.05) is 13.0 Å². The standard InChI is InChI=1S/C16H18FN/c1-11-7-8-14(9-13(11)3)10-18-16-12(2)5-4-6-15(16)17/h4-9,18H,10H2,1-3H3. The number of rotatable bonds is 3. The van der Waals surface area contributed by atoms with Crippen molar-refractivity contribution in [3.8, 4) is 0 Å². The van der Waals surface area contributed by atoms with Gasteiger partial charge >= 0.3 is 0 Å². The van der Waals surface area contributed by atoms with Crippen molar-refractivity contribution in [1.82, 2.24) is 0 Å². The largest absolute Gasteiger partial charge is 0.378 e. The summed E-state index contributed by atoms with van der Waals surface area (Å²) in [5.74, 6) is -0.196. The molecule has 0 aliphatic rings. The molecule has 0 heterocycles. The molecular weight excluding hydrogens is 225 g/mol. The molecule has 0 fully saturated rings. The number of hydrogen-bond donors (Lipinski definition) is 1. The van der Waals surface area contributed by atoms with Crippen LogP contribution in [0.15, 0.2) is 36.4 Å². The lowest BCUT2D eigenvalue weighted by atomic mass is 10.1. The van der Waals surface area contributed by atoms with Gasteiger partial charge in [0.25, 0.3) is 0 Å². The van der Waals surface area contributed by atoms with E-state index in [-0.39, 0.29) is 5.82 Å². The first-order valence-electron chi connectivity index (χ1n) is 6.13. The highest BCUT2D eigenvalue weighted by Crippen LogP contribution is 2.20. The zero-order chi connectivity index (χ0) is 13.1. The van der Waals surface area contributed by atoms with Gasteiger partial charge in [-0.05, 0) is 49.1 Å². The van der Waals surface area contributed by atoms with E-state index in [0.717, 1.165) is 5.56 Å². The van der Waals surface area contributed by atoms with Gasteiger partial charge in [-0.2, -0.15) is 0 Å². The van der Waals surface area contributed by atoms with Gasteiger partial charge in [-0.1, -0.05) is 30.3 Å². The Kier molecular flexibility index (Phi) is 3.66. The van der Waals surface area contributed by atoms with Crippen molar-refractivity contribution in [1.29, 1.82) is 0 Å². The minimum atomic E-state index is -0.196. The first kappa shape index (κ1) is 12.6. The van der Waals surface area contributed by atoms with E-state index >= 15 is 0 Å². The van der Waals surface area contributed by atoms with Gasteiger partial charge in [0.15, 0.2) is 0 Å². The van der Waals surface area contributed by atoms with Crippen molar-refractivity contribution >= 4 is 5.69 Å². The Labute approximate surface area is 108 Å². The average Bonchev–Trinajstić information content (AvgIpc) is 2.33. The number of halogens is 1. The Bertz CT molecular complexity index is 541. The highest BCUT2D eigenvalue weighted by molar-refractivity contribution is 5.52. The second-order valence-corrected chi connectivity index (χ2v) is 4.70. The maximum absolute atomic E-state index is 13.6. The lowest BCUT2D eigenvalue weighted by Crippen LogP contribution is -2.03. The Balaban J connectivity index is 2.14. The van der Waals surface area contributed by atoms with E-state index in [0.29, 0.717) is 12.2 Å². The second kappa shape index (κ2) is 5.21. The fraction of sp³-hybridized carbons (Fsp3) is 0.250. The first-order valence-corrected chi connectivity index (χ1v) is 6.13. The van der Waals surface area contributed by atoms with Crippen LogP contribution in [0.4, 0.5) is 10.1 Å². The molecule has 2 rings (SSSR count). The maximum atomic E-state index is 13.6. The van der Waals surface area contributed by atoms with E-state index in [1.54, 1.807) is 6.07 Å². The monoisotopic (exact) mass is 243 g/mol. The smallest absolute Gasteiger partial charge is 0.146 e. The summed E-state index contributed by atoms with van der Waals surface area (Å²) in [6, 6.07) is 11.4. The van der Waals surface area contributed by atoms with Gasteiger partial charge in [-0.25, -0.2) is 4.39 Å². The van der Waals surface area contributed by atoms with Crippen molar-refractivity contribution < 1.29 is 4.39 Å². The van der Waals surface area contributed by atoms with Crippen molar-refractivity contribution in [3.63, 3.8) is 0 Å². The average molecular weight is 243 g/mol. The Morgan fingerprint density at radius 1 is 0.944 bits per heavy atom. The van der Waals surface area contributed by atoms with Crippen molar-refractivity contribution in [3.05, 3.63) is 64.5 Å². The summed E-state index contributed by atoms with van der Waals surface area (Å²) in [5.41, 5.74) is 5.23. The third-order valence-electron chi connectivity index (χ3n) is 3.26.